The monoisotopic (exact) mass is 255 g/mol. The van der Waals surface area contributed by atoms with Gasteiger partial charge in [-0.1, -0.05) is 12.1 Å². The first-order chi connectivity index (χ1) is 8.24. The number of rotatable bonds is 5. The molecule has 94 valence electrons. The summed E-state index contributed by atoms with van der Waals surface area (Å²) in [6, 6.07) is 6.38. The van der Waals surface area contributed by atoms with Crippen molar-refractivity contribution in [3.63, 3.8) is 0 Å². The van der Waals surface area contributed by atoms with Gasteiger partial charge in [0.15, 0.2) is 0 Å². The van der Waals surface area contributed by atoms with Gasteiger partial charge in [-0.3, -0.25) is 4.21 Å². The standard InChI is InChI=1S/C13H18FNOS/c14-13-5-3-4-12(10-13)11-17(16)9-8-15-6-1-2-7-15/h3-5,10H,1-2,6-9,11H2. The van der Waals surface area contributed by atoms with E-state index in [0.717, 1.165) is 25.2 Å². The minimum absolute atomic E-state index is 0.251. The van der Waals surface area contributed by atoms with Gasteiger partial charge in [-0.05, 0) is 43.6 Å². The number of halogens is 1. The molecule has 0 spiro atoms. The molecule has 1 heterocycles. The minimum atomic E-state index is -0.884. The Balaban J connectivity index is 1.76. The summed E-state index contributed by atoms with van der Waals surface area (Å²) in [6.45, 7) is 3.18. The lowest BCUT2D eigenvalue weighted by Gasteiger charge is -2.13. The molecule has 4 heteroatoms. The Bertz CT molecular complexity index is 391. The molecule has 1 aliphatic heterocycles. The van der Waals surface area contributed by atoms with Crippen molar-refractivity contribution in [2.24, 2.45) is 0 Å². The molecule has 1 aliphatic rings. The fourth-order valence-corrected chi connectivity index (χ4v) is 3.28. The SMILES string of the molecule is O=S(CCN1CCCC1)Cc1cccc(F)c1. The van der Waals surface area contributed by atoms with Crippen LogP contribution in [0.1, 0.15) is 18.4 Å². The highest BCUT2D eigenvalue weighted by atomic mass is 32.2. The summed E-state index contributed by atoms with van der Waals surface area (Å²) in [7, 11) is -0.884. The second-order valence-electron chi connectivity index (χ2n) is 4.47. The van der Waals surface area contributed by atoms with Crippen LogP contribution in [0, 0.1) is 5.82 Å². The maximum Gasteiger partial charge on any atom is 0.123 e. The van der Waals surface area contributed by atoms with Gasteiger partial charge < -0.3 is 4.90 Å². The van der Waals surface area contributed by atoms with Crippen molar-refractivity contribution in [3.8, 4) is 0 Å². The fraction of sp³-hybridized carbons (Fsp3) is 0.538. The van der Waals surface area contributed by atoms with E-state index in [1.807, 2.05) is 6.07 Å². The third-order valence-corrected chi connectivity index (χ3v) is 4.34. The van der Waals surface area contributed by atoms with Gasteiger partial charge in [-0.2, -0.15) is 0 Å². The molecule has 0 amide bonds. The van der Waals surface area contributed by atoms with Gasteiger partial charge in [0.05, 0.1) is 0 Å². The van der Waals surface area contributed by atoms with Crippen LogP contribution in [0.15, 0.2) is 24.3 Å². The van der Waals surface area contributed by atoms with Crippen LogP contribution in [0.2, 0.25) is 0 Å². The van der Waals surface area contributed by atoms with Gasteiger partial charge in [-0.25, -0.2) is 4.39 Å². The highest BCUT2D eigenvalue weighted by Gasteiger charge is 2.12. The fourth-order valence-electron chi connectivity index (χ4n) is 2.12. The summed E-state index contributed by atoms with van der Waals surface area (Å²) in [5, 5.41) is 0. The van der Waals surface area contributed by atoms with Crippen molar-refractivity contribution in [2.75, 3.05) is 25.4 Å². The second kappa shape index (κ2) is 6.26. The molecule has 1 aromatic carbocycles. The van der Waals surface area contributed by atoms with Crippen molar-refractivity contribution < 1.29 is 8.60 Å². The summed E-state index contributed by atoms with van der Waals surface area (Å²) in [5.41, 5.74) is 0.824. The first-order valence-electron chi connectivity index (χ1n) is 6.06. The lowest BCUT2D eigenvalue weighted by Crippen LogP contribution is -2.24. The van der Waals surface area contributed by atoms with E-state index >= 15 is 0 Å². The molecule has 1 fully saturated rings. The van der Waals surface area contributed by atoms with Gasteiger partial charge >= 0.3 is 0 Å². The van der Waals surface area contributed by atoms with Gasteiger partial charge in [0, 0.05) is 28.9 Å². The molecule has 1 saturated heterocycles. The maximum absolute atomic E-state index is 12.9. The van der Waals surface area contributed by atoms with Crippen molar-refractivity contribution >= 4 is 10.8 Å². The summed E-state index contributed by atoms with van der Waals surface area (Å²) < 4.78 is 24.8. The Kier molecular flexibility index (Phi) is 4.68. The number of hydrogen-bond acceptors (Lipinski definition) is 2. The van der Waals surface area contributed by atoms with Crippen molar-refractivity contribution in [1.82, 2.24) is 4.90 Å². The van der Waals surface area contributed by atoms with E-state index in [2.05, 4.69) is 4.90 Å². The third kappa shape index (κ3) is 4.21. The second-order valence-corrected chi connectivity index (χ2v) is 6.04. The Labute approximate surface area is 104 Å². The highest BCUT2D eigenvalue weighted by Crippen LogP contribution is 2.09. The van der Waals surface area contributed by atoms with Crippen LogP contribution < -0.4 is 0 Å². The molecule has 1 aromatic rings. The number of hydrogen-bond donors (Lipinski definition) is 0. The lowest BCUT2D eigenvalue weighted by atomic mass is 10.2. The summed E-state index contributed by atoms with van der Waals surface area (Å²) in [4.78, 5) is 2.35. The van der Waals surface area contributed by atoms with Crippen molar-refractivity contribution in [2.45, 2.75) is 18.6 Å². The highest BCUT2D eigenvalue weighted by molar-refractivity contribution is 7.84. The van der Waals surface area contributed by atoms with Gasteiger partial charge in [-0.15, -0.1) is 0 Å². The van der Waals surface area contributed by atoms with Crippen LogP contribution in [-0.4, -0.2) is 34.5 Å². The number of likely N-dealkylation sites (tertiary alicyclic amines) is 1. The Morgan fingerprint density at radius 1 is 1.29 bits per heavy atom. The predicted octanol–water partition coefficient (Wildman–Crippen LogP) is 2.17. The molecule has 0 aromatic heterocycles. The lowest BCUT2D eigenvalue weighted by molar-refractivity contribution is 0.361. The summed E-state index contributed by atoms with van der Waals surface area (Å²) >= 11 is 0. The zero-order chi connectivity index (χ0) is 12.1. The Hall–Kier alpha value is -0.740. The molecule has 2 rings (SSSR count). The Morgan fingerprint density at radius 2 is 2.06 bits per heavy atom. The molecule has 0 aliphatic carbocycles. The molecule has 2 nitrogen and oxygen atoms in total. The summed E-state index contributed by atoms with van der Waals surface area (Å²) in [6.07, 6.45) is 2.52. The summed E-state index contributed by atoms with van der Waals surface area (Å²) in [5.74, 6) is 0.904. The molecule has 0 saturated carbocycles. The maximum atomic E-state index is 12.9. The van der Waals surface area contributed by atoms with Crippen LogP contribution in [0.3, 0.4) is 0 Å². The van der Waals surface area contributed by atoms with Gasteiger partial charge in [0.2, 0.25) is 0 Å². The average Bonchev–Trinajstić information content (AvgIpc) is 2.79. The van der Waals surface area contributed by atoms with Crippen LogP contribution in [0.4, 0.5) is 4.39 Å². The molecule has 1 atom stereocenters. The van der Waals surface area contributed by atoms with Crippen LogP contribution in [-0.2, 0) is 16.6 Å². The quantitative estimate of drug-likeness (QED) is 0.803. The topological polar surface area (TPSA) is 20.3 Å². The van der Waals surface area contributed by atoms with E-state index in [1.165, 1.54) is 25.0 Å². The minimum Gasteiger partial charge on any atom is -0.302 e. The zero-order valence-corrected chi connectivity index (χ0v) is 10.7. The molecule has 0 bridgehead atoms. The first-order valence-corrected chi connectivity index (χ1v) is 7.54. The predicted molar refractivity (Wildman–Crippen MR) is 68.8 cm³/mol. The largest absolute Gasteiger partial charge is 0.302 e. The van der Waals surface area contributed by atoms with E-state index in [9.17, 15) is 8.60 Å². The van der Waals surface area contributed by atoms with Gasteiger partial charge in [0.25, 0.3) is 0 Å². The molecule has 1 unspecified atom stereocenters. The molecule has 0 radical (unpaired) electrons. The third-order valence-electron chi connectivity index (χ3n) is 3.05. The normalized spacial score (nSPS) is 18.4. The number of nitrogens with zero attached hydrogens (tertiary/aromatic N) is 1. The average molecular weight is 255 g/mol. The van der Waals surface area contributed by atoms with E-state index in [4.69, 9.17) is 0 Å². The van der Waals surface area contributed by atoms with Crippen LogP contribution >= 0.6 is 0 Å². The van der Waals surface area contributed by atoms with E-state index in [-0.39, 0.29) is 5.82 Å². The Morgan fingerprint density at radius 3 is 2.76 bits per heavy atom. The molecule has 0 N–H and O–H groups in total. The van der Waals surface area contributed by atoms with E-state index in [1.54, 1.807) is 6.07 Å². The van der Waals surface area contributed by atoms with E-state index < -0.39 is 10.8 Å². The van der Waals surface area contributed by atoms with Crippen LogP contribution in [0.25, 0.3) is 0 Å². The first kappa shape index (κ1) is 12.7. The molecule has 17 heavy (non-hydrogen) atoms. The molecular formula is C13H18FNOS. The number of benzene rings is 1. The van der Waals surface area contributed by atoms with Crippen LogP contribution in [0.5, 0.6) is 0 Å². The van der Waals surface area contributed by atoms with Gasteiger partial charge in [0.1, 0.15) is 5.82 Å². The van der Waals surface area contributed by atoms with Crippen molar-refractivity contribution in [3.05, 3.63) is 35.6 Å². The molecular weight excluding hydrogens is 237 g/mol. The smallest absolute Gasteiger partial charge is 0.123 e. The zero-order valence-electron chi connectivity index (χ0n) is 9.90. The van der Waals surface area contributed by atoms with E-state index in [0.29, 0.717) is 11.5 Å². The van der Waals surface area contributed by atoms with Crippen molar-refractivity contribution in [1.29, 1.82) is 0 Å².